The van der Waals surface area contributed by atoms with Crippen LogP contribution in [0.25, 0.3) is 0 Å². The lowest BCUT2D eigenvalue weighted by molar-refractivity contribution is -0.147. The monoisotopic (exact) mass is 325 g/mol. The molecule has 0 spiro atoms. The molecule has 2 aromatic rings. The number of piperidine rings is 1. The molecule has 2 N–H and O–H groups in total. The Morgan fingerprint density at radius 1 is 1.29 bits per heavy atom. The van der Waals surface area contributed by atoms with Crippen LogP contribution in [0.2, 0.25) is 0 Å². The zero-order valence-corrected chi connectivity index (χ0v) is 13.9. The van der Waals surface area contributed by atoms with Gasteiger partial charge in [0.1, 0.15) is 5.82 Å². The minimum absolute atomic E-state index is 0.104. The standard InChI is InChI=1S/C19H23N3O2/c1-24-19(23)17-10-16(15-5-3-2-4-6-15)12-22(13-17)11-14-7-8-21-18(20)9-14/h2-9,16-17H,10-13H2,1H3,(H2,20,21). The molecule has 2 unspecified atom stereocenters. The molecule has 2 atom stereocenters. The fraction of sp³-hybridized carbons (Fsp3) is 0.368. The molecular weight excluding hydrogens is 302 g/mol. The molecule has 5 heteroatoms. The van der Waals surface area contributed by atoms with Crippen molar-refractivity contribution < 1.29 is 9.53 Å². The Hall–Kier alpha value is -2.40. The third-order valence-corrected chi connectivity index (χ3v) is 4.58. The summed E-state index contributed by atoms with van der Waals surface area (Å²) in [6.45, 7) is 2.38. The maximum Gasteiger partial charge on any atom is 0.309 e. The SMILES string of the molecule is COC(=O)C1CC(c2ccccc2)CN(Cc2ccnc(N)c2)C1. The predicted molar refractivity (Wildman–Crippen MR) is 93.2 cm³/mol. The fourth-order valence-corrected chi connectivity index (χ4v) is 3.47. The lowest BCUT2D eigenvalue weighted by atomic mass is 9.84. The highest BCUT2D eigenvalue weighted by atomic mass is 16.5. The summed E-state index contributed by atoms with van der Waals surface area (Å²) in [5.41, 5.74) is 8.16. The number of nitrogens with zero attached hydrogens (tertiary/aromatic N) is 2. The molecule has 0 bridgehead atoms. The largest absolute Gasteiger partial charge is 0.469 e. The molecule has 0 amide bonds. The third kappa shape index (κ3) is 3.92. The summed E-state index contributed by atoms with van der Waals surface area (Å²) in [6.07, 6.45) is 2.55. The van der Waals surface area contributed by atoms with E-state index in [9.17, 15) is 4.79 Å². The highest BCUT2D eigenvalue weighted by Gasteiger charge is 2.32. The van der Waals surface area contributed by atoms with Crippen LogP contribution in [0.5, 0.6) is 0 Å². The third-order valence-electron chi connectivity index (χ3n) is 4.58. The molecular formula is C19H23N3O2. The van der Waals surface area contributed by atoms with Crippen LogP contribution in [-0.2, 0) is 16.1 Å². The second-order valence-electron chi connectivity index (χ2n) is 6.35. The first kappa shape index (κ1) is 16.5. The van der Waals surface area contributed by atoms with E-state index in [1.807, 2.05) is 30.3 Å². The number of carbonyl (C=O) groups excluding carboxylic acids is 1. The molecule has 126 valence electrons. The van der Waals surface area contributed by atoms with Gasteiger partial charge in [-0.25, -0.2) is 4.98 Å². The van der Waals surface area contributed by atoms with Gasteiger partial charge in [-0.3, -0.25) is 9.69 Å². The van der Waals surface area contributed by atoms with Crippen molar-refractivity contribution in [1.82, 2.24) is 9.88 Å². The van der Waals surface area contributed by atoms with Gasteiger partial charge in [-0.1, -0.05) is 30.3 Å². The Morgan fingerprint density at radius 3 is 2.79 bits per heavy atom. The molecule has 24 heavy (non-hydrogen) atoms. The normalized spacial score (nSPS) is 21.4. The molecule has 0 radical (unpaired) electrons. The molecule has 0 aliphatic carbocycles. The lowest BCUT2D eigenvalue weighted by Gasteiger charge is -2.37. The number of hydrogen-bond acceptors (Lipinski definition) is 5. The average molecular weight is 325 g/mol. The number of benzene rings is 1. The Kier molecular flexibility index (Phi) is 5.11. The van der Waals surface area contributed by atoms with Gasteiger partial charge in [-0.05, 0) is 35.6 Å². The number of methoxy groups -OCH3 is 1. The average Bonchev–Trinajstić information content (AvgIpc) is 2.61. The Bertz CT molecular complexity index is 690. The van der Waals surface area contributed by atoms with Crippen LogP contribution in [0.3, 0.4) is 0 Å². The summed E-state index contributed by atoms with van der Waals surface area (Å²) in [4.78, 5) is 18.5. The number of aromatic nitrogens is 1. The van der Waals surface area contributed by atoms with Crippen molar-refractivity contribution in [3.63, 3.8) is 0 Å². The number of nitrogen functional groups attached to an aromatic ring is 1. The van der Waals surface area contributed by atoms with Crippen molar-refractivity contribution in [2.24, 2.45) is 5.92 Å². The maximum atomic E-state index is 12.1. The number of rotatable bonds is 4. The van der Waals surface area contributed by atoms with Crippen molar-refractivity contribution in [2.75, 3.05) is 25.9 Å². The first-order chi connectivity index (χ1) is 11.7. The van der Waals surface area contributed by atoms with Crippen LogP contribution in [0, 0.1) is 5.92 Å². The van der Waals surface area contributed by atoms with Crippen molar-refractivity contribution in [3.8, 4) is 0 Å². The van der Waals surface area contributed by atoms with Crippen LogP contribution in [0.1, 0.15) is 23.5 Å². The fourth-order valence-electron chi connectivity index (χ4n) is 3.47. The number of anilines is 1. The molecule has 1 aromatic carbocycles. The van der Waals surface area contributed by atoms with Gasteiger partial charge in [-0.2, -0.15) is 0 Å². The lowest BCUT2D eigenvalue weighted by Crippen LogP contribution is -2.42. The minimum Gasteiger partial charge on any atom is -0.469 e. The highest BCUT2D eigenvalue weighted by molar-refractivity contribution is 5.72. The first-order valence-electron chi connectivity index (χ1n) is 8.21. The smallest absolute Gasteiger partial charge is 0.309 e. The van der Waals surface area contributed by atoms with E-state index >= 15 is 0 Å². The molecule has 1 aliphatic rings. The van der Waals surface area contributed by atoms with E-state index in [2.05, 4.69) is 22.0 Å². The number of hydrogen-bond donors (Lipinski definition) is 1. The van der Waals surface area contributed by atoms with Gasteiger partial charge < -0.3 is 10.5 Å². The quantitative estimate of drug-likeness (QED) is 0.875. The summed E-state index contributed by atoms with van der Waals surface area (Å²) in [6, 6.07) is 14.2. The number of pyridine rings is 1. The van der Waals surface area contributed by atoms with Crippen LogP contribution in [0.15, 0.2) is 48.7 Å². The van der Waals surface area contributed by atoms with Gasteiger partial charge in [0, 0.05) is 25.8 Å². The predicted octanol–water partition coefficient (Wildman–Crippen LogP) is 2.44. The molecule has 2 heterocycles. The van der Waals surface area contributed by atoms with E-state index < -0.39 is 0 Å². The summed E-state index contributed by atoms with van der Waals surface area (Å²) in [5.74, 6) is 0.611. The van der Waals surface area contributed by atoms with Crippen LogP contribution < -0.4 is 5.73 Å². The molecule has 1 fully saturated rings. The molecule has 0 saturated carbocycles. The number of ether oxygens (including phenoxy) is 1. The zero-order valence-electron chi connectivity index (χ0n) is 13.9. The van der Waals surface area contributed by atoms with Gasteiger partial charge in [-0.15, -0.1) is 0 Å². The van der Waals surface area contributed by atoms with E-state index in [0.717, 1.165) is 25.1 Å². The topological polar surface area (TPSA) is 68.5 Å². The number of nitrogens with two attached hydrogens (primary N) is 1. The molecule has 1 aromatic heterocycles. The highest BCUT2D eigenvalue weighted by Crippen LogP contribution is 2.31. The van der Waals surface area contributed by atoms with Crippen molar-refractivity contribution in [1.29, 1.82) is 0 Å². The second kappa shape index (κ2) is 7.45. The van der Waals surface area contributed by atoms with E-state index in [-0.39, 0.29) is 11.9 Å². The zero-order chi connectivity index (χ0) is 16.9. The van der Waals surface area contributed by atoms with Crippen LogP contribution >= 0.6 is 0 Å². The summed E-state index contributed by atoms with van der Waals surface area (Å²) < 4.78 is 5.00. The van der Waals surface area contributed by atoms with E-state index in [1.54, 1.807) is 6.20 Å². The Labute approximate surface area is 142 Å². The van der Waals surface area contributed by atoms with Crippen molar-refractivity contribution in [2.45, 2.75) is 18.9 Å². The van der Waals surface area contributed by atoms with E-state index in [0.29, 0.717) is 18.3 Å². The number of likely N-dealkylation sites (tertiary alicyclic amines) is 1. The molecule has 1 aliphatic heterocycles. The number of esters is 1. The first-order valence-corrected chi connectivity index (χ1v) is 8.21. The summed E-state index contributed by atoms with van der Waals surface area (Å²) in [5, 5.41) is 0. The van der Waals surface area contributed by atoms with Gasteiger partial charge in [0.25, 0.3) is 0 Å². The van der Waals surface area contributed by atoms with Gasteiger partial charge in [0.15, 0.2) is 0 Å². The van der Waals surface area contributed by atoms with Crippen molar-refractivity contribution >= 4 is 11.8 Å². The second-order valence-corrected chi connectivity index (χ2v) is 6.35. The van der Waals surface area contributed by atoms with E-state index in [4.69, 9.17) is 10.5 Å². The van der Waals surface area contributed by atoms with Crippen LogP contribution in [0.4, 0.5) is 5.82 Å². The van der Waals surface area contributed by atoms with E-state index in [1.165, 1.54) is 12.7 Å². The molecule has 5 nitrogen and oxygen atoms in total. The molecule has 3 rings (SSSR count). The maximum absolute atomic E-state index is 12.1. The Morgan fingerprint density at radius 2 is 2.08 bits per heavy atom. The van der Waals surface area contributed by atoms with Crippen molar-refractivity contribution in [3.05, 3.63) is 59.8 Å². The van der Waals surface area contributed by atoms with Gasteiger partial charge in [0.05, 0.1) is 13.0 Å². The van der Waals surface area contributed by atoms with Gasteiger partial charge in [0.2, 0.25) is 0 Å². The summed E-state index contributed by atoms with van der Waals surface area (Å²) in [7, 11) is 1.46. The number of carbonyl (C=O) groups is 1. The Balaban J connectivity index is 1.78. The van der Waals surface area contributed by atoms with Gasteiger partial charge >= 0.3 is 5.97 Å². The molecule has 1 saturated heterocycles. The van der Waals surface area contributed by atoms with Crippen LogP contribution in [-0.4, -0.2) is 36.1 Å². The summed E-state index contributed by atoms with van der Waals surface area (Å²) >= 11 is 0. The minimum atomic E-state index is -0.130.